The molecule has 0 saturated carbocycles. The third-order valence-electron chi connectivity index (χ3n) is 3.49. The highest BCUT2D eigenvalue weighted by molar-refractivity contribution is 4.85. The van der Waals surface area contributed by atoms with Gasteiger partial charge in [0.05, 0.1) is 12.7 Å². The Hall–Kier alpha value is -0.120. The number of nitrogens with zero attached hydrogens (tertiary/aromatic N) is 1. The highest BCUT2D eigenvalue weighted by Gasteiger charge is 2.29. The molecule has 1 heterocycles. The second-order valence-electron chi connectivity index (χ2n) is 5.02. The van der Waals surface area contributed by atoms with Gasteiger partial charge in [-0.3, -0.25) is 0 Å². The number of hydrogen-bond donors (Lipinski definition) is 1. The van der Waals surface area contributed by atoms with Crippen molar-refractivity contribution in [1.29, 1.82) is 0 Å². The summed E-state index contributed by atoms with van der Waals surface area (Å²) in [4.78, 5) is 2.37. The van der Waals surface area contributed by atoms with E-state index in [1.165, 1.54) is 12.8 Å². The molecule has 1 fully saturated rings. The number of ether oxygens (including phenoxy) is 1. The first-order chi connectivity index (χ1) is 7.69. The van der Waals surface area contributed by atoms with Crippen molar-refractivity contribution in [2.75, 3.05) is 33.3 Å². The minimum atomic E-state index is 0.361. The summed E-state index contributed by atoms with van der Waals surface area (Å²) < 4.78 is 5.93. The molecule has 3 nitrogen and oxygen atoms in total. The lowest BCUT2D eigenvalue weighted by atomic mass is 9.91. The monoisotopic (exact) mass is 228 g/mol. The average Bonchev–Trinajstić information content (AvgIpc) is 2.26. The van der Waals surface area contributed by atoms with E-state index in [0.29, 0.717) is 18.1 Å². The van der Waals surface area contributed by atoms with Crippen LogP contribution in [0.15, 0.2) is 0 Å². The molecule has 0 aromatic rings. The van der Waals surface area contributed by atoms with Crippen molar-refractivity contribution in [2.45, 2.75) is 45.8 Å². The van der Waals surface area contributed by atoms with Crippen LogP contribution in [0, 0.1) is 5.92 Å². The van der Waals surface area contributed by atoms with E-state index in [1.54, 1.807) is 0 Å². The minimum absolute atomic E-state index is 0.361. The van der Waals surface area contributed by atoms with Gasteiger partial charge in [-0.2, -0.15) is 0 Å². The van der Waals surface area contributed by atoms with Crippen LogP contribution in [0.1, 0.15) is 33.6 Å². The minimum Gasteiger partial charge on any atom is -0.374 e. The van der Waals surface area contributed by atoms with Crippen molar-refractivity contribution in [3.8, 4) is 0 Å². The van der Waals surface area contributed by atoms with Crippen LogP contribution in [-0.4, -0.2) is 50.3 Å². The Morgan fingerprint density at radius 1 is 1.44 bits per heavy atom. The maximum Gasteiger partial charge on any atom is 0.0857 e. The highest BCUT2D eigenvalue weighted by Crippen LogP contribution is 2.18. The van der Waals surface area contributed by atoms with E-state index in [2.05, 4.69) is 38.0 Å². The Kier molecular flexibility index (Phi) is 6.32. The lowest BCUT2D eigenvalue weighted by Gasteiger charge is -2.38. The van der Waals surface area contributed by atoms with Gasteiger partial charge in [0.25, 0.3) is 0 Å². The average molecular weight is 228 g/mol. The van der Waals surface area contributed by atoms with Gasteiger partial charge < -0.3 is 15.0 Å². The molecule has 0 radical (unpaired) electrons. The SMILES string of the molecule is CCCC(C)C(NCC)C1CN(C)CCO1. The molecular weight excluding hydrogens is 200 g/mol. The van der Waals surface area contributed by atoms with Gasteiger partial charge in [0, 0.05) is 19.1 Å². The Balaban J connectivity index is 2.53. The highest BCUT2D eigenvalue weighted by atomic mass is 16.5. The summed E-state index contributed by atoms with van der Waals surface area (Å²) >= 11 is 0. The van der Waals surface area contributed by atoms with Crippen LogP contribution in [0.25, 0.3) is 0 Å². The smallest absolute Gasteiger partial charge is 0.0857 e. The standard InChI is InChI=1S/C13H28N2O/c1-5-7-11(3)13(14-6-2)12-10-15(4)8-9-16-12/h11-14H,5-10H2,1-4H3. The van der Waals surface area contributed by atoms with E-state index in [-0.39, 0.29) is 0 Å². The van der Waals surface area contributed by atoms with Crippen molar-refractivity contribution >= 4 is 0 Å². The number of nitrogens with one attached hydrogen (secondary N) is 1. The molecule has 0 aromatic carbocycles. The Morgan fingerprint density at radius 2 is 2.19 bits per heavy atom. The molecule has 3 heteroatoms. The van der Waals surface area contributed by atoms with E-state index >= 15 is 0 Å². The Labute approximate surface area is 101 Å². The summed E-state index contributed by atoms with van der Waals surface area (Å²) in [6.45, 7) is 10.8. The van der Waals surface area contributed by atoms with Gasteiger partial charge in [0.2, 0.25) is 0 Å². The van der Waals surface area contributed by atoms with E-state index in [1.807, 2.05) is 0 Å². The van der Waals surface area contributed by atoms with Gasteiger partial charge in [-0.1, -0.05) is 27.2 Å². The molecule has 0 aliphatic carbocycles. The molecule has 1 aliphatic heterocycles. The number of likely N-dealkylation sites (N-methyl/N-ethyl adjacent to an activating group) is 2. The molecule has 0 bridgehead atoms. The summed E-state index contributed by atoms with van der Waals surface area (Å²) in [5.41, 5.74) is 0. The first-order valence-corrected chi connectivity index (χ1v) is 6.72. The molecule has 0 amide bonds. The lowest BCUT2D eigenvalue weighted by molar-refractivity contribution is -0.0483. The van der Waals surface area contributed by atoms with Crippen molar-refractivity contribution in [3.63, 3.8) is 0 Å². The maximum absolute atomic E-state index is 5.93. The third-order valence-corrected chi connectivity index (χ3v) is 3.49. The van der Waals surface area contributed by atoms with Gasteiger partial charge in [-0.25, -0.2) is 0 Å². The molecule has 1 saturated heterocycles. The number of hydrogen-bond acceptors (Lipinski definition) is 3. The van der Waals surface area contributed by atoms with Crippen LogP contribution in [0.5, 0.6) is 0 Å². The van der Waals surface area contributed by atoms with Crippen molar-refractivity contribution in [2.24, 2.45) is 5.92 Å². The molecule has 3 atom stereocenters. The summed E-state index contributed by atoms with van der Waals surface area (Å²) in [6, 6.07) is 0.507. The molecule has 3 unspecified atom stereocenters. The molecule has 96 valence electrons. The topological polar surface area (TPSA) is 24.5 Å². The zero-order valence-corrected chi connectivity index (χ0v) is 11.3. The lowest BCUT2D eigenvalue weighted by Crippen LogP contribution is -2.53. The number of morpholine rings is 1. The van der Waals surface area contributed by atoms with E-state index in [9.17, 15) is 0 Å². The van der Waals surface area contributed by atoms with Crippen LogP contribution in [0.3, 0.4) is 0 Å². The first-order valence-electron chi connectivity index (χ1n) is 6.72. The van der Waals surface area contributed by atoms with Gasteiger partial charge in [0.1, 0.15) is 0 Å². The van der Waals surface area contributed by atoms with Gasteiger partial charge in [0.15, 0.2) is 0 Å². The summed E-state index contributed by atoms with van der Waals surface area (Å²) in [7, 11) is 2.18. The predicted octanol–water partition coefficient (Wildman–Crippen LogP) is 1.73. The summed E-state index contributed by atoms with van der Waals surface area (Å²) in [5.74, 6) is 0.696. The van der Waals surface area contributed by atoms with Crippen molar-refractivity contribution in [1.82, 2.24) is 10.2 Å². The second-order valence-corrected chi connectivity index (χ2v) is 5.02. The third kappa shape index (κ3) is 4.04. The molecule has 1 aliphatic rings. The zero-order valence-electron chi connectivity index (χ0n) is 11.3. The fourth-order valence-corrected chi connectivity index (χ4v) is 2.60. The van der Waals surface area contributed by atoms with Gasteiger partial charge in [-0.05, 0) is 25.9 Å². The molecule has 1 rings (SSSR count). The Bertz CT molecular complexity index is 187. The largest absolute Gasteiger partial charge is 0.374 e. The molecule has 16 heavy (non-hydrogen) atoms. The fraction of sp³-hybridized carbons (Fsp3) is 1.00. The normalized spacial score (nSPS) is 26.6. The van der Waals surface area contributed by atoms with Crippen molar-refractivity contribution in [3.05, 3.63) is 0 Å². The van der Waals surface area contributed by atoms with E-state index in [4.69, 9.17) is 4.74 Å². The van der Waals surface area contributed by atoms with Gasteiger partial charge >= 0.3 is 0 Å². The summed E-state index contributed by atoms with van der Waals surface area (Å²) in [5, 5.41) is 3.61. The van der Waals surface area contributed by atoms with Crippen LogP contribution in [0.4, 0.5) is 0 Å². The first kappa shape index (κ1) is 13.9. The summed E-state index contributed by atoms with van der Waals surface area (Å²) in [6.07, 6.45) is 2.90. The van der Waals surface area contributed by atoms with Crippen LogP contribution < -0.4 is 5.32 Å². The van der Waals surface area contributed by atoms with Gasteiger partial charge in [-0.15, -0.1) is 0 Å². The van der Waals surface area contributed by atoms with E-state index < -0.39 is 0 Å². The fourth-order valence-electron chi connectivity index (χ4n) is 2.60. The second kappa shape index (κ2) is 7.25. The Morgan fingerprint density at radius 3 is 2.75 bits per heavy atom. The van der Waals surface area contributed by atoms with Crippen LogP contribution in [-0.2, 0) is 4.74 Å². The van der Waals surface area contributed by atoms with Crippen LogP contribution >= 0.6 is 0 Å². The molecule has 1 N–H and O–H groups in total. The molecule has 0 spiro atoms. The quantitative estimate of drug-likeness (QED) is 0.749. The molecule has 0 aromatic heterocycles. The van der Waals surface area contributed by atoms with Crippen LogP contribution in [0.2, 0.25) is 0 Å². The zero-order chi connectivity index (χ0) is 12.0. The van der Waals surface area contributed by atoms with Crippen molar-refractivity contribution < 1.29 is 4.74 Å². The maximum atomic E-state index is 5.93. The predicted molar refractivity (Wildman–Crippen MR) is 68.8 cm³/mol. The van der Waals surface area contributed by atoms with E-state index in [0.717, 1.165) is 26.2 Å². The molecular formula is C13H28N2O. The number of rotatable bonds is 6.